The van der Waals surface area contributed by atoms with Crippen LogP contribution in [0.3, 0.4) is 0 Å². The summed E-state index contributed by atoms with van der Waals surface area (Å²) in [4.78, 5) is 4.47. The number of aromatic nitrogens is 1. The molecule has 2 aromatic rings. The van der Waals surface area contributed by atoms with Gasteiger partial charge in [0.15, 0.2) is 11.5 Å². The van der Waals surface area contributed by atoms with Crippen LogP contribution in [0.15, 0.2) is 18.3 Å². The van der Waals surface area contributed by atoms with Gasteiger partial charge in [0.05, 0.1) is 0 Å². The van der Waals surface area contributed by atoms with Crippen LogP contribution >= 0.6 is 0 Å². The van der Waals surface area contributed by atoms with E-state index in [4.69, 9.17) is 0 Å². The van der Waals surface area contributed by atoms with Crippen LogP contribution in [0, 0.1) is 6.92 Å². The monoisotopic (exact) mass is 268 g/mol. The molecule has 1 atom stereocenters. The van der Waals surface area contributed by atoms with Gasteiger partial charge in [0.25, 0.3) is 0 Å². The smallest absolute Gasteiger partial charge is 0.161 e. The molecule has 0 saturated heterocycles. The summed E-state index contributed by atoms with van der Waals surface area (Å²) in [6, 6.07) is 3.52. The molecule has 2 heterocycles. The molecule has 0 saturated carbocycles. The Balaban J connectivity index is 2.02. The Morgan fingerprint density at radius 1 is 1.25 bits per heavy atom. The van der Waals surface area contributed by atoms with Gasteiger partial charge < -0.3 is 15.5 Å². The molecule has 1 aliphatic carbocycles. The molecule has 3 N–H and O–H groups in total. The Kier molecular flexibility index (Phi) is 2.32. The van der Waals surface area contributed by atoms with Gasteiger partial charge in [-0.25, -0.2) is 0 Å². The van der Waals surface area contributed by atoms with Crippen molar-refractivity contribution in [3.05, 3.63) is 51.8 Å². The number of phenolic OH excluding ortho intramolecular Hbond substituents is 2. The number of aromatic hydroxyl groups is 2. The maximum atomic E-state index is 10.2. The van der Waals surface area contributed by atoms with Crippen LogP contribution in [0.5, 0.6) is 11.5 Å². The van der Waals surface area contributed by atoms with Crippen LogP contribution < -0.4 is 5.32 Å². The van der Waals surface area contributed by atoms with Crippen LogP contribution in [0.1, 0.15) is 39.4 Å². The van der Waals surface area contributed by atoms with E-state index in [1.807, 2.05) is 19.2 Å². The third-order valence-corrected chi connectivity index (χ3v) is 4.56. The predicted molar refractivity (Wildman–Crippen MR) is 75.1 cm³/mol. The normalized spacial score (nSPS) is 19.4. The van der Waals surface area contributed by atoms with Crippen molar-refractivity contribution in [2.24, 2.45) is 0 Å². The minimum Gasteiger partial charge on any atom is -0.504 e. The molecule has 4 heteroatoms. The molecule has 4 nitrogen and oxygen atoms in total. The molecule has 4 rings (SSSR count). The fourth-order valence-electron chi connectivity index (χ4n) is 3.56. The second-order valence-electron chi connectivity index (χ2n) is 5.62. The molecule has 0 spiro atoms. The largest absolute Gasteiger partial charge is 0.504 e. The van der Waals surface area contributed by atoms with Crippen molar-refractivity contribution >= 4 is 0 Å². The van der Waals surface area contributed by atoms with Gasteiger partial charge in [0.2, 0.25) is 0 Å². The van der Waals surface area contributed by atoms with Crippen molar-refractivity contribution in [3.8, 4) is 11.5 Å². The zero-order valence-corrected chi connectivity index (χ0v) is 11.3. The van der Waals surface area contributed by atoms with E-state index in [0.717, 1.165) is 29.9 Å². The van der Waals surface area contributed by atoms with E-state index in [1.165, 1.54) is 16.7 Å². The lowest BCUT2D eigenvalue weighted by molar-refractivity contribution is 0.397. The molecule has 0 bridgehead atoms. The minimum atomic E-state index is -0.0438. The Bertz CT molecular complexity index is 725. The number of aryl methyl sites for hydroxylation is 1. The SMILES string of the molecule is Cc1ncc2c3c1Cc1c(ccc(O)c1O)C3CNC2. The van der Waals surface area contributed by atoms with E-state index < -0.39 is 0 Å². The average molecular weight is 268 g/mol. The highest BCUT2D eigenvalue weighted by atomic mass is 16.3. The van der Waals surface area contributed by atoms with Gasteiger partial charge in [-0.2, -0.15) is 0 Å². The van der Waals surface area contributed by atoms with E-state index in [9.17, 15) is 10.2 Å². The first-order chi connectivity index (χ1) is 9.66. The highest BCUT2D eigenvalue weighted by molar-refractivity contribution is 5.60. The van der Waals surface area contributed by atoms with Gasteiger partial charge in [0.1, 0.15) is 0 Å². The summed E-state index contributed by atoms with van der Waals surface area (Å²) < 4.78 is 0. The minimum absolute atomic E-state index is 0.0172. The number of hydrogen-bond acceptors (Lipinski definition) is 4. The van der Waals surface area contributed by atoms with Crippen molar-refractivity contribution in [2.75, 3.05) is 6.54 Å². The van der Waals surface area contributed by atoms with Crippen LogP contribution in [0.4, 0.5) is 0 Å². The fraction of sp³-hybridized carbons (Fsp3) is 0.312. The number of nitrogens with zero attached hydrogens (tertiary/aromatic N) is 1. The van der Waals surface area contributed by atoms with Gasteiger partial charge in [-0.15, -0.1) is 0 Å². The summed E-state index contributed by atoms with van der Waals surface area (Å²) in [5.41, 5.74) is 6.81. The van der Waals surface area contributed by atoms with Crippen molar-refractivity contribution in [3.63, 3.8) is 0 Å². The zero-order valence-electron chi connectivity index (χ0n) is 11.3. The Morgan fingerprint density at radius 3 is 2.95 bits per heavy atom. The lowest BCUT2D eigenvalue weighted by Crippen LogP contribution is -2.33. The molecule has 1 aliphatic heterocycles. The summed E-state index contributed by atoms with van der Waals surface area (Å²) >= 11 is 0. The van der Waals surface area contributed by atoms with E-state index in [2.05, 4.69) is 10.3 Å². The number of phenols is 2. The lowest BCUT2D eigenvalue weighted by Gasteiger charge is -2.35. The van der Waals surface area contributed by atoms with Gasteiger partial charge in [-0.05, 0) is 35.2 Å². The summed E-state index contributed by atoms with van der Waals surface area (Å²) in [6.07, 6.45) is 2.60. The van der Waals surface area contributed by atoms with E-state index in [1.54, 1.807) is 6.07 Å². The maximum Gasteiger partial charge on any atom is 0.161 e. The maximum absolute atomic E-state index is 10.2. The van der Waals surface area contributed by atoms with Crippen LogP contribution in [0.2, 0.25) is 0 Å². The van der Waals surface area contributed by atoms with E-state index in [-0.39, 0.29) is 17.4 Å². The van der Waals surface area contributed by atoms with Gasteiger partial charge in [-0.3, -0.25) is 4.98 Å². The van der Waals surface area contributed by atoms with Gasteiger partial charge in [-0.1, -0.05) is 6.07 Å². The number of fused-ring (bicyclic) bond motifs is 2. The van der Waals surface area contributed by atoms with Crippen LogP contribution in [0.25, 0.3) is 0 Å². The molecule has 2 aliphatic rings. The molecular weight excluding hydrogens is 252 g/mol. The molecule has 1 aromatic heterocycles. The molecule has 102 valence electrons. The molecule has 1 aromatic carbocycles. The molecule has 0 amide bonds. The zero-order chi connectivity index (χ0) is 13.9. The number of hydrogen-bond donors (Lipinski definition) is 3. The Morgan fingerprint density at radius 2 is 2.10 bits per heavy atom. The summed E-state index contributed by atoms with van der Waals surface area (Å²) in [6.45, 7) is 3.73. The molecule has 0 fully saturated rings. The molecule has 1 unspecified atom stereocenters. The van der Waals surface area contributed by atoms with Crippen molar-refractivity contribution in [2.45, 2.75) is 25.8 Å². The van der Waals surface area contributed by atoms with Gasteiger partial charge >= 0.3 is 0 Å². The van der Waals surface area contributed by atoms with Crippen molar-refractivity contribution in [1.82, 2.24) is 10.3 Å². The van der Waals surface area contributed by atoms with Crippen molar-refractivity contribution in [1.29, 1.82) is 0 Å². The van der Waals surface area contributed by atoms with Crippen LogP contribution in [-0.4, -0.2) is 21.7 Å². The quantitative estimate of drug-likeness (QED) is 0.639. The summed E-state index contributed by atoms with van der Waals surface area (Å²) in [5, 5.41) is 23.3. The second-order valence-corrected chi connectivity index (χ2v) is 5.62. The molecule has 0 radical (unpaired) electrons. The highest BCUT2D eigenvalue weighted by Crippen LogP contribution is 2.45. The molecule has 20 heavy (non-hydrogen) atoms. The predicted octanol–water partition coefficient (Wildman–Crippen LogP) is 1.94. The van der Waals surface area contributed by atoms with E-state index >= 15 is 0 Å². The Labute approximate surface area is 117 Å². The standard InChI is InChI=1S/C16H16N2O2/c1-8-11-4-12-10(2-3-14(19)16(12)20)13-7-17-5-9(6-18-8)15(11)13/h2-3,6,13,17,19-20H,4-5,7H2,1H3. The third-order valence-electron chi connectivity index (χ3n) is 4.56. The van der Waals surface area contributed by atoms with Gasteiger partial charge in [0, 0.05) is 42.9 Å². The highest BCUT2D eigenvalue weighted by Gasteiger charge is 2.33. The number of pyridine rings is 1. The first-order valence-electron chi connectivity index (χ1n) is 6.88. The topological polar surface area (TPSA) is 65.4 Å². The third kappa shape index (κ3) is 1.42. The molecular formula is C16H16N2O2. The van der Waals surface area contributed by atoms with Crippen molar-refractivity contribution < 1.29 is 10.2 Å². The number of benzene rings is 1. The number of nitrogens with one attached hydrogen (secondary N) is 1. The Hall–Kier alpha value is -2.07. The summed E-state index contributed by atoms with van der Waals surface area (Å²) in [5.74, 6) is 0.215. The first-order valence-corrected chi connectivity index (χ1v) is 6.88. The lowest BCUT2D eigenvalue weighted by atomic mass is 9.74. The summed E-state index contributed by atoms with van der Waals surface area (Å²) in [7, 11) is 0. The van der Waals surface area contributed by atoms with E-state index in [0.29, 0.717) is 6.42 Å². The second kappa shape index (κ2) is 3.96. The first kappa shape index (κ1) is 11.7. The number of rotatable bonds is 0. The average Bonchev–Trinajstić information content (AvgIpc) is 2.47. The van der Waals surface area contributed by atoms with Crippen LogP contribution in [-0.2, 0) is 13.0 Å². The fourth-order valence-corrected chi connectivity index (χ4v) is 3.56.